The molecule has 0 saturated heterocycles. The molecule has 0 saturated carbocycles. The first-order valence-electron chi connectivity index (χ1n) is 16.4. The number of sulfonamides is 1. The van der Waals surface area contributed by atoms with Gasteiger partial charge in [0.05, 0.1) is 4.90 Å². The molecule has 2 aromatic carbocycles. The van der Waals surface area contributed by atoms with Gasteiger partial charge in [-0.15, -0.1) is 0 Å². The van der Waals surface area contributed by atoms with Crippen LogP contribution in [0.15, 0.2) is 52.4 Å². The van der Waals surface area contributed by atoms with Crippen LogP contribution in [0, 0.1) is 26.7 Å². The first kappa shape index (κ1) is 42.0. The lowest BCUT2D eigenvalue weighted by atomic mass is 10.0. The molecule has 0 heterocycles. The Morgan fingerprint density at radius 3 is 1.98 bits per heavy atom. The standard InChI is InChI=1S/C34H49N7O9S/c1-20(2)16-27(32(45)46)39-30(43)25(12-9-15-37-33(36)41-51(48,49)29-22(4)17-21(3)18-23(29)5)38-31(44)26(13-14-28(35)42)40-34(47)50-19-24-10-7-6-8-11-24/h6-8,10-11,17-18,20,25-27H,9,12-16,19H2,1-5H3,(H2,35,42)(H,38,44)(H,39,43)(H,40,47)(H,45,46)(H3,36,37,41)/t25-,26-,27-/m0/s1. The van der Waals surface area contributed by atoms with Gasteiger partial charge in [-0.1, -0.05) is 61.9 Å². The molecule has 0 aliphatic heterocycles. The Kier molecular flexibility index (Phi) is 16.3. The second kappa shape index (κ2) is 19.9. The van der Waals surface area contributed by atoms with Crippen molar-refractivity contribution in [1.82, 2.24) is 20.7 Å². The molecule has 0 aliphatic carbocycles. The van der Waals surface area contributed by atoms with Gasteiger partial charge in [0.2, 0.25) is 23.7 Å². The topological polar surface area (TPSA) is 261 Å². The van der Waals surface area contributed by atoms with E-state index in [9.17, 15) is 37.5 Å². The molecule has 280 valence electrons. The van der Waals surface area contributed by atoms with E-state index in [1.807, 2.05) is 6.92 Å². The van der Waals surface area contributed by atoms with Gasteiger partial charge in [-0.05, 0) is 69.1 Å². The number of primary amides is 1. The summed E-state index contributed by atoms with van der Waals surface area (Å²) in [6.45, 7) is 8.57. The van der Waals surface area contributed by atoms with Gasteiger partial charge in [-0.2, -0.15) is 0 Å². The summed E-state index contributed by atoms with van der Waals surface area (Å²) in [5.41, 5.74) is 13.8. The molecule has 17 heteroatoms. The maximum atomic E-state index is 13.4. The molecule has 0 radical (unpaired) electrons. The Balaban J connectivity index is 2.21. The molecule has 0 aromatic heterocycles. The Morgan fingerprint density at radius 2 is 1.43 bits per heavy atom. The highest BCUT2D eigenvalue weighted by Gasteiger charge is 2.30. The lowest BCUT2D eigenvalue weighted by Gasteiger charge is -2.25. The largest absolute Gasteiger partial charge is 0.480 e. The minimum absolute atomic E-state index is 0.0727. The van der Waals surface area contributed by atoms with E-state index in [1.165, 1.54) is 0 Å². The summed E-state index contributed by atoms with van der Waals surface area (Å²) in [5.74, 6) is -4.17. The number of alkyl carbamates (subject to hydrolysis) is 1. The molecule has 4 amide bonds. The maximum Gasteiger partial charge on any atom is 0.408 e. The minimum Gasteiger partial charge on any atom is -0.480 e. The third-order valence-electron chi connectivity index (χ3n) is 7.50. The van der Waals surface area contributed by atoms with Gasteiger partial charge < -0.3 is 37.3 Å². The summed E-state index contributed by atoms with van der Waals surface area (Å²) in [5, 5.41) is 17.0. The zero-order valence-corrected chi connectivity index (χ0v) is 30.3. The maximum absolute atomic E-state index is 13.4. The second-order valence-corrected chi connectivity index (χ2v) is 14.2. The SMILES string of the molecule is Cc1cc(C)c(S(=O)(=O)NC(N)=NCCC[C@H](NC(=O)[C@H](CCC(N)=O)NC(=O)OCc2ccccc2)C(=O)N[C@@H](CC(C)C)C(=O)O)c(C)c1. The van der Waals surface area contributed by atoms with Crippen LogP contribution in [0.2, 0.25) is 0 Å². The van der Waals surface area contributed by atoms with Crippen molar-refractivity contribution in [2.45, 2.75) is 96.4 Å². The highest BCUT2D eigenvalue weighted by Crippen LogP contribution is 2.21. The van der Waals surface area contributed by atoms with Gasteiger partial charge in [0.25, 0.3) is 10.0 Å². The van der Waals surface area contributed by atoms with Gasteiger partial charge in [-0.3, -0.25) is 19.4 Å². The first-order chi connectivity index (χ1) is 23.9. The van der Waals surface area contributed by atoms with Crippen molar-refractivity contribution in [2.75, 3.05) is 6.54 Å². The number of carboxylic acid groups (broad SMARTS) is 1. The first-order valence-corrected chi connectivity index (χ1v) is 17.9. The monoisotopic (exact) mass is 731 g/mol. The lowest BCUT2D eigenvalue weighted by molar-refractivity contribution is -0.142. The number of hydrogen-bond donors (Lipinski definition) is 7. The Labute approximate surface area is 298 Å². The minimum atomic E-state index is -4.06. The van der Waals surface area contributed by atoms with Crippen molar-refractivity contribution in [1.29, 1.82) is 0 Å². The normalized spacial score (nSPS) is 13.4. The van der Waals surface area contributed by atoms with Crippen LogP contribution in [0.4, 0.5) is 4.79 Å². The number of aryl methyl sites for hydroxylation is 3. The predicted molar refractivity (Wildman–Crippen MR) is 190 cm³/mol. The average molecular weight is 732 g/mol. The lowest BCUT2D eigenvalue weighted by Crippen LogP contribution is -2.56. The molecule has 3 atom stereocenters. The molecule has 0 fully saturated rings. The number of amides is 4. The van der Waals surface area contributed by atoms with E-state index in [4.69, 9.17) is 16.2 Å². The number of nitrogens with one attached hydrogen (secondary N) is 4. The number of guanidine groups is 1. The van der Waals surface area contributed by atoms with Gasteiger partial charge in [0.1, 0.15) is 24.7 Å². The fraction of sp³-hybridized carbons (Fsp3) is 0.471. The van der Waals surface area contributed by atoms with E-state index in [1.54, 1.807) is 70.2 Å². The molecule has 0 spiro atoms. The predicted octanol–water partition coefficient (Wildman–Crippen LogP) is 1.65. The quantitative estimate of drug-likeness (QED) is 0.0624. The highest BCUT2D eigenvalue weighted by molar-refractivity contribution is 7.90. The number of carboxylic acids is 1. The van der Waals surface area contributed by atoms with Gasteiger partial charge >= 0.3 is 12.1 Å². The Morgan fingerprint density at radius 1 is 0.863 bits per heavy atom. The van der Waals surface area contributed by atoms with Crippen LogP contribution in [0.25, 0.3) is 0 Å². The Bertz CT molecular complexity index is 1660. The van der Waals surface area contributed by atoms with Crippen LogP contribution >= 0.6 is 0 Å². The number of benzene rings is 2. The van der Waals surface area contributed by atoms with Crippen LogP contribution in [0.5, 0.6) is 0 Å². The second-order valence-electron chi connectivity index (χ2n) is 12.6. The number of aliphatic imine (C=N–C) groups is 1. The van der Waals surface area contributed by atoms with Crippen molar-refractivity contribution >= 4 is 45.8 Å². The molecular weight excluding hydrogens is 682 g/mol. The van der Waals surface area contributed by atoms with E-state index in [0.29, 0.717) is 16.7 Å². The molecular formula is C34H49N7O9S. The number of carbonyl (C=O) groups is 5. The Hall–Kier alpha value is -5.19. The van der Waals surface area contributed by atoms with Crippen molar-refractivity contribution in [3.63, 3.8) is 0 Å². The van der Waals surface area contributed by atoms with Crippen LogP contribution < -0.4 is 32.1 Å². The average Bonchev–Trinajstić information content (AvgIpc) is 3.02. The zero-order valence-electron chi connectivity index (χ0n) is 29.5. The molecule has 2 aromatic rings. The van der Waals surface area contributed by atoms with Gasteiger partial charge in [-0.25, -0.2) is 22.7 Å². The van der Waals surface area contributed by atoms with Crippen molar-refractivity contribution < 1.29 is 42.2 Å². The van der Waals surface area contributed by atoms with Crippen LogP contribution in [-0.4, -0.2) is 73.9 Å². The smallest absolute Gasteiger partial charge is 0.408 e. The van der Waals surface area contributed by atoms with E-state index in [0.717, 1.165) is 5.56 Å². The van der Waals surface area contributed by atoms with E-state index in [-0.39, 0.29) is 56.1 Å². The van der Waals surface area contributed by atoms with Crippen molar-refractivity contribution in [3.8, 4) is 0 Å². The third kappa shape index (κ3) is 14.7. The number of hydrogen-bond acceptors (Lipinski definition) is 9. The van der Waals surface area contributed by atoms with E-state index >= 15 is 0 Å². The number of nitrogens with two attached hydrogens (primary N) is 2. The molecule has 2 rings (SSSR count). The van der Waals surface area contributed by atoms with Crippen molar-refractivity contribution in [3.05, 3.63) is 64.7 Å². The molecule has 0 aliphatic rings. The number of ether oxygens (including phenoxy) is 1. The van der Waals surface area contributed by atoms with Crippen molar-refractivity contribution in [2.24, 2.45) is 22.4 Å². The summed E-state index contributed by atoms with van der Waals surface area (Å²) in [7, 11) is -4.06. The summed E-state index contributed by atoms with van der Waals surface area (Å²) >= 11 is 0. The zero-order chi connectivity index (χ0) is 38.3. The number of aliphatic carboxylic acids is 1. The number of nitrogens with zero attached hydrogens (tertiary/aromatic N) is 1. The molecule has 51 heavy (non-hydrogen) atoms. The summed E-state index contributed by atoms with van der Waals surface area (Å²) < 4.78 is 33.5. The van der Waals surface area contributed by atoms with Gasteiger partial charge in [0.15, 0.2) is 0 Å². The molecule has 16 nitrogen and oxygen atoms in total. The highest BCUT2D eigenvalue weighted by atomic mass is 32.2. The summed E-state index contributed by atoms with van der Waals surface area (Å²) in [4.78, 5) is 66.9. The molecule has 0 bridgehead atoms. The molecule has 9 N–H and O–H groups in total. The fourth-order valence-electron chi connectivity index (χ4n) is 5.28. The number of carbonyl (C=O) groups excluding carboxylic acids is 4. The van der Waals surface area contributed by atoms with Crippen LogP contribution in [0.3, 0.4) is 0 Å². The van der Waals surface area contributed by atoms with Crippen LogP contribution in [0.1, 0.15) is 68.2 Å². The van der Waals surface area contributed by atoms with Crippen LogP contribution in [-0.2, 0) is 40.5 Å². The van der Waals surface area contributed by atoms with Gasteiger partial charge in [0, 0.05) is 13.0 Å². The fourth-order valence-corrected chi connectivity index (χ4v) is 6.68. The van der Waals surface area contributed by atoms with E-state index in [2.05, 4.69) is 25.7 Å². The van der Waals surface area contributed by atoms with E-state index < -0.39 is 63.9 Å². The third-order valence-corrected chi connectivity index (χ3v) is 9.16. The number of rotatable bonds is 19. The summed E-state index contributed by atoms with van der Waals surface area (Å²) in [6.07, 6.45) is -1.36. The molecule has 0 unspecified atom stereocenters. The summed E-state index contributed by atoms with van der Waals surface area (Å²) in [6, 6.07) is 8.29.